The van der Waals surface area contributed by atoms with E-state index in [9.17, 15) is 9.59 Å². The van der Waals surface area contributed by atoms with Gasteiger partial charge in [-0.2, -0.15) is 0 Å². The Labute approximate surface area is 142 Å². The predicted octanol–water partition coefficient (Wildman–Crippen LogP) is 2.58. The molecule has 1 aromatic carbocycles. The Bertz CT molecular complexity index is 595. The van der Waals surface area contributed by atoms with Gasteiger partial charge in [-0.1, -0.05) is 18.2 Å². The molecule has 0 aliphatic heterocycles. The van der Waals surface area contributed by atoms with E-state index in [0.29, 0.717) is 5.92 Å². The molecule has 1 aromatic rings. The van der Waals surface area contributed by atoms with Crippen molar-refractivity contribution < 1.29 is 19.1 Å². The van der Waals surface area contributed by atoms with Crippen molar-refractivity contribution in [3.63, 3.8) is 0 Å². The van der Waals surface area contributed by atoms with Crippen LogP contribution in [0.5, 0.6) is 5.75 Å². The lowest BCUT2D eigenvalue weighted by Gasteiger charge is -2.19. The van der Waals surface area contributed by atoms with Gasteiger partial charge in [0.1, 0.15) is 11.4 Å². The molecule has 1 saturated carbocycles. The van der Waals surface area contributed by atoms with E-state index in [-0.39, 0.29) is 24.9 Å². The zero-order valence-corrected chi connectivity index (χ0v) is 14.7. The van der Waals surface area contributed by atoms with Gasteiger partial charge in [0.25, 0.3) is 0 Å². The van der Waals surface area contributed by atoms with Gasteiger partial charge < -0.3 is 20.1 Å². The third kappa shape index (κ3) is 5.44. The van der Waals surface area contributed by atoms with E-state index in [1.165, 1.54) is 0 Å². The zero-order valence-electron chi connectivity index (χ0n) is 14.7. The van der Waals surface area contributed by atoms with Crippen LogP contribution in [0.25, 0.3) is 0 Å². The number of alkyl carbamates (subject to hydrolysis) is 1. The Hall–Kier alpha value is -2.24. The van der Waals surface area contributed by atoms with Crippen molar-refractivity contribution in [1.82, 2.24) is 10.6 Å². The summed E-state index contributed by atoms with van der Waals surface area (Å²) in [6.07, 6.45) is 0.633. The smallest absolute Gasteiger partial charge is 0.407 e. The van der Waals surface area contributed by atoms with Gasteiger partial charge in [-0.15, -0.1) is 0 Å². The largest absolute Gasteiger partial charge is 0.496 e. The summed E-state index contributed by atoms with van der Waals surface area (Å²) in [6, 6.07) is 7.99. The van der Waals surface area contributed by atoms with Gasteiger partial charge in [0.15, 0.2) is 0 Å². The average molecular weight is 334 g/mol. The van der Waals surface area contributed by atoms with E-state index in [0.717, 1.165) is 17.7 Å². The molecule has 2 atom stereocenters. The minimum absolute atomic E-state index is 0.0755. The number of benzene rings is 1. The molecule has 2 N–H and O–H groups in total. The van der Waals surface area contributed by atoms with Crippen molar-refractivity contribution in [3.05, 3.63) is 29.8 Å². The molecule has 0 saturated heterocycles. The van der Waals surface area contributed by atoms with Crippen molar-refractivity contribution in [2.24, 2.45) is 0 Å². The van der Waals surface area contributed by atoms with Crippen LogP contribution in [0.15, 0.2) is 24.3 Å². The first-order valence-electron chi connectivity index (χ1n) is 8.19. The zero-order chi connectivity index (χ0) is 17.7. The van der Waals surface area contributed by atoms with E-state index >= 15 is 0 Å². The molecule has 2 amide bonds. The van der Waals surface area contributed by atoms with Crippen LogP contribution >= 0.6 is 0 Å². The number of methoxy groups -OCH3 is 1. The van der Waals surface area contributed by atoms with Crippen LogP contribution < -0.4 is 15.4 Å². The van der Waals surface area contributed by atoms with Gasteiger partial charge in [0.05, 0.1) is 7.11 Å². The highest BCUT2D eigenvalue weighted by Gasteiger charge is 2.40. The summed E-state index contributed by atoms with van der Waals surface area (Å²) in [5, 5.41) is 5.57. The second-order valence-electron chi connectivity index (χ2n) is 6.94. The lowest BCUT2D eigenvalue weighted by molar-refractivity contribution is -0.121. The topological polar surface area (TPSA) is 76.7 Å². The quantitative estimate of drug-likeness (QED) is 0.838. The SMILES string of the molecule is COc1ccccc1[C@H]1C[C@H]1NC(=O)CCNC(=O)OC(C)(C)C. The molecule has 132 valence electrons. The molecule has 0 heterocycles. The molecule has 2 rings (SSSR count). The first-order chi connectivity index (χ1) is 11.3. The maximum Gasteiger partial charge on any atom is 0.407 e. The van der Waals surface area contributed by atoms with Crippen LogP contribution in [-0.2, 0) is 9.53 Å². The maximum absolute atomic E-state index is 12.0. The van der Waals surface area contributed by atoms with E-state index in [1.54, 1.807) is 27.9 Å². The Morgan fingerprint density at radius 1 is 1.25 bits per heavy atom. The predicted molar refractivity (Wildman–Crippen MR) is 91.1 cm³/mol. The number of carbonyl (C=O) groups is 2. The van der Waals surface area contributed by atoms with Crippen LogP contribution in [0.4, 0.5) is 4.79 Å². The summed E-state index contributed by atoms with van der Waals surface area (Å²) < 4.78 is 10.5. The molecule has 1 aliphatic rings. The van der Waals surface area contributed by atoms with Crippen molar-refractivity contribution >= 4 is 12.0 Å². The number of rotatable bonds is 6. The van der Waals surface area contributed by atoms with E-state index < -0.39 is 11.7 Å². The summed E-state index contributed by atoms with van der Waals surface area (Å²) in [5.74, 6) is 1.07. The lowest BCUT2D eigenvalue weighted by Crippen LogP contribution is -2.35. The number of hydrogen-bond acceptors (Lipinski definition) is 4. The molecule has 0 bridgehead atoms. The number of amides is 2. The summed E-state index contributed by atoms with van der Waals surface area (Å²) in [7, 11) is 1.65. The third-order valence-electron chi connectivity index (χ3n) is 3.70. The number of carbonyl (C=O) groups excluding carboxylic acids is 2. The second kappa shape index (κ2) is 7.55. The third-order valence-corrected chi connectivity index (χ3v) is 3.70. The fourth-order valence-electron chi connectivity index (χ4n) is 2.54. The highest BCUT2D eigenvalue weighted by Crippen LogP contribution is 2.44. The monoisotopic (exact) mass is 334 g/mol. The Balaban J connectivity index is 1.70. The molecule has 24 heavy (non-hydrogen) atoms. The minimum Gasteiger partial charge on any atom is -0.496 e. The Kier molecular flexibility index (Phi) is 5.70. The van der Waals surface area contributed by atoms with Gasteiger partial charge >= 0.3 is 6.09 Å². The van der Waals surface area contributed by atoms with Crippen LogP contribution in [0, 0.1) is 0 Å². The summed E-state index contributed by atoms with van der Waals surface area (Å²) in [5.41, 5.74) is 0.583. The van der Waals surface area contributed by atoms with Crippen molar-refractivity contribution in [2.45, 2.75) is 51.2 Å². The van der Waals surface area contributed by atoms with E-state index in [1.807, 2.05) is 24.3 Å². The number of para-hydroxylation sites is 1. The summed E-state index contributed by atoms with van der Waals surface area (Å²) in [4.78, 5) is 23.5. The van der Waals surface area contributed by atoms with Gasteiger partial charge in [0, 0.05) is 24.9 Å². The summed E-state index contributed by atoms with van der Waals surface area (Å²) >= 11 is 0. The van der Waals surface area contributed by atoms with Crippen molar-refractivity contribution in [2.75, 3.05) is 13.7 Å². The van der Waals surface area contributed by atoms with Crippen molar-refractivity contribution in [3.8, 4) is 5.75 Å². The molecule has 0 radical (unpaired) electrons. The Morgan fingerprint density at radius 3 is 2.62 bits per heavy atom. The number of ether oxygens (including phenoxy) is 2. The molecule has 0 spiro atoms. The normalized spacial score (nSPS) is 19.3. The van der Waals surface area contributed by atoms with Gasteiger partial charge in [-0.25, -0.2) is 4.79 Å². The fourth-order valence-corrected chi connectivity index (χ4v) is 2.54. The standard InChI is InChI=1S/C18H26N2O4/c1-18(2,3)24-17(22)19-10-9-16(21)20-14-11-13(14)12-7-5-6-8-15(12)23-4/h5-8,13-14H,9-11H2,1-4H3,(H,19,22)(H,20,21)/t13-,14-/m1/s1. The minimum atomic E-state index is -0.539. The van der Waals surface area contributed by atoms with Gasteiger partial charge in [-0.3, -0.25) is 4.79 Å². The summed E-state index contributed by atoms with van der Waals surface area (Å²) in [6.45, 7) is 5.64. The maximum atomic E-state index is 12.0. The second-order valence-corrected chi connectivity index (χ2v) is 6.94. The molecule has 0 unspecified atom stereocenters. The molecular formula is C18H26N2O4. The molecule has 1 fully saturated rings. The van der Waals surface area contributed by atoms with Crippen molar-refractivity contribution in [1.29, 1.82) is 0 Å². The Morgan fingerprint density at radius 2 is 1.96 bits per heavy atom. The van der Waals surface area contributed by atoms with Crippen LogP contribution in [-0.4, -0.2) is 37.3 Å². The van der Waals surface area contributed by atoms with Crippen LogP contribution in [0.3, 0.4) is 0 Å². The molecule has 6 nitrogen and oxygen atoms in total. The first kappa shape index (κ1) is 18.1. The van der Waals surface area contributed by atoms with Crippen LogP contribution in [0.1, 0.15) is 45.1 Å². The van der Waals surface area contributed by atoms with E-state index in [4.69, 9.17) is 9.47 Å². The van der Waals surface area contributed by atoms with Gasteiger partial charge in [0.2, 0.25) is 5.91 Å². The lowest BCUT2D eigenvalue weighted by atomic mass is 10.1. The van der Waals surface area contributed by atoms with E-state index in [2.05, 4.69) is 10.6 Å². The fraction of sp³-hybridized carbons (Fsp3) is 0.556. The van der Waals surface area contributed by atoms with Crippen LogP contribution in [0.2, 0.25) is 0 Å². The molecule has 1 aliphatic carbocycles. The first-order valence-corrected chi connectivity index (χ1v) is 8.19. The highest BCUT2D eigenvalue weighted by molar-refractivity contribution is 5.78. The number of hydrogen-bond donors (Lipinski definition) is 2. The van der Waals surface area contributed by atoms with Gasteiger partial charge in [-0.05, 0) is 38.8 Å². The molecule has 0 aromatic heterocycles. The molecular weight excluding hydrogens is 308 g/mol. The molecule has 6 heteroatoms. The average Bonchev–Trinajstić information content (AvgIpc) is 3.24. The number of nitrogens with one attached hydrogen (secondary N) is 2. The highest BCUT2D eigenvalue weighted by atomic mass is 16.6.